The van der Waals surface area contributed by atoms with Crippen LogP contribution in [0.4, 0.5) is 0 Å². The first kappa shape index (κ1) is 25.9. The lowest BCUT2D eigenvalue weighted by atomic mass is 10.0. The average molecular weight is 495 g/mol. The van der Waals surface area contributed by atoms with Gasteiger partial charge < -0.3 is 10.2 Å². The van der Waals surface area contributed by atoms with Crippen molar-refractivity contribution in [3.8, 4) is 0 Å². The molecule has 178 valence electrons. The summed E-state index contributed by atoms with van der Waals surface area (Å²) in [6, 6.07) is 25.0. The zero-order valence-electron chi connectivity index (χ0n) is 19.7. The molecule has 3 aromatic rings. The molecule has 0 aromatic heterocycles. The quantitative estimate of drug-likeness (QED) is 0.374. The third-order valence-electron chi connectivity index (χ3n) is 5.54. The van der Waals surface area contributed by atoms with E-state index in [9.17, 15) is 9.59 Å². The van der Waals surface area contributed by atoms with Crippen LogP contribution in [0.2, 0.25) is 5.02 Å². The Kier molecular flexibility index (Phi) is 10.0. The maximum Gasteiger partial charge on any atom is 0.243 e. The minimum absolute atomic E-state index is 0.0794. The topological polar surface area (TPSA) is 49.4 Å². The van der Waals surface area contributed by atoms with Crippen molar-refractivity contribution in [2.75, 3.05) is 12.3 Å². The smallest absolute Gasteiger partial charge is 0.243 e. The minimum Gasteiger partial charge on any atom is -0.355 e. The molecule has 0 bridgehead atoms. The Balaban J connectivity index is 1.82. The normalized spacial score (nSPS) is 11.6. The van der Waals surface area contributed by atoms with E-state index < -0.39 is 6.04 Å². The largest absolute Gasteiger partial charge is 0.355 e. The van der Waals surface area contributed by atoms with Crippen LogP contribution in [0, 0.1) is 6.92 Å². The molecule has 0 unspecified atom stereocenters. The molecule has 0 aliphatic rings. The van der Waals surface area contributed by atoms with Crippen LogP contribution in [0.25, 0.3) is 0 Å². The SMILES string of the molecule is CCNC(=O)[C@H](Cc1ccccc1)N(Cc1ccccc1Cl)C(=O)CSCc1ccc(C)cc1. The number of thioether (sulfide) groups is 1. The summed E-state index contributed by atoms with van der Waals surface area (Å²) in [7, 11) is 0. The maximum absolute atomic E-state index is 13.5. The fourth-order valence-corrected chi connectivity index (χ4v) is 4.75. The third kappa shape index (κ3) is 7.64. The Morgan fingerprint density at radius 1 is 0.941 bits per heavy atom. The number of benzene rings is 3. The van der Waals surface area contributed by atoms with Gasteiger partial charge in [0.25, 0.3) is 0 Å². The number of amides is 2. The van der Waals surface area contributed by atoms with E-state index in [1.54, 1.807) is 16.7 Å². The molecule has 2 amide bonds. The summed E-state index contributed by atoms with van der Waals surface area (Å²) in [6.07, 6.45) is 0.436. The van der Waals surface area contributed by atoms with Gasteiger partial charge in [0.1, 0.15) is 6.04 Å². The number of nitrogens with one attached hydrogen (secondary N) is 1. The number of hydrogen-bond acceptors (Lipinski definition) is 3. The molecule has 1 atom stereocenters. The summed E-state index contributed by atoms with van der Waals surface area (Å²) in [5.41, 5.74) is 4.21. The van der Waals surface area contributed by atoms with Crippen LogP contribution in [0.15, 0.2) is 78.9 Å². The molecule has 4 nitrogen and oxygen atoms in total. The minimum atomic E-state index is -0.633. The molecule has 1 N–H and O–H groups in total. The third-order valence-corrected chi connectivity index (χ3v) is 6.89. The van der Waals surface area contributed by atoms with Gasteiger partial charge in [0.15, 0.2) is 0 Å². The second-order valence-corrected chi connectivity index (χ2v) is 9.58. The molecule has 0 aliphatic heterocycles. The lowest BCUT2D eigenvalue weighted by Gasteiger charge is -2.31. The average Bonchev–Trinajstić information content (AvgIpc) is 2.84. The molecule has 0 aliphatic carbocycles. The Morgan fingerprint density at radius 3 is 2.29 bits per heavy atom. The Bertz CT molecular complexity index is 1070. The first-order valence-corrected chi connectivity index (χ1v) is 13.0. The summed E-state index contributed by atoms with van der Waals surface area (Å²) in [6.45, 7) is 4.72. The number of carbonyl (C=O) groups is 2. The highest BCUT2D eigenvalue weighted by molar-refractivity contribution is 7.99. The maximum atomic E-state index is 13.5. The van der Waals surface area contributed by atoms with Crippen LogP contribution in [-0.2, 0) is 28.3 Å². The fraction of sp³-hybridized carbons (Fsp3) is 0.286. The van der Waals surface area contributed by atoms with Crippen molar-refractivity contribution in [2.24, 2.45) is 0 Å². The van der Waals surface area contributed by atoms with Crippen molar-refractivity contribution >= 4 is 35.2 Å². The molecule has 3 aromatic carbocycles. The predicted octanol–water partition coefficient (Wildman–Crippen LogP) is 5.66. The van der Waals surface area contributed by atoms with E-state index in [0.717, 1.165) is 16.9 Å². The van der Waals surface area contributed by atoms with E-state index in [-0.39, 0.29) is 24.1 Å². The number of rotatable bonds is 11. The number of halogens is 1. The van der Waals surface area contributed by atoms with E-state index in [1.807, 2.05) is 61.5 Å². The number of hydrogen-bond donors (Lipinski definition) is 1. The van der Waals surface area contributed by atoms with E-state index in [1.165, 1.54) is 11.1 Å². The predicted molar refractivity (Wildman–Crippen MR) is 142 cm³/mol. The summed E-state index contributed by atoms with van der Waals surface area (Å²) in [4.78, 5) is 28.4. The van der Waals surface area contributed by atoms with Crippen molar-refractivity contribution in [1.29, 1.82) is 0 Å². The number of aryl methyl sites for hydroxylation is 1. The highest BCUT2D eigenvalue weighted by atomic mass is 35.5. The van der Waals surface area contributed by atoms with Crippen molar-refractivity contribution in [3.05, 3.63) is 106 Å². The lowest BCUT2D eigenvalue weighted by Crippen LogP contribution is -2.51. The van der Waals surface area contributed by atoms with Crippen LogP contribution in [0.3, 0.4) is 0 Å². The van der Waals surface area contributed by atoms with Gasteiger partial charge in [0.05, 0.1) is 5.75 Å². The van der Waals surface area contributed by atoms with E-state index in [0.29, 0.717) is 18.0 Å². The fourth-order valence-electron chi connectivity index (χ4n) is 3.68. The van der Waals surface area contributed by atoms with Gasteiger partial charge in [-0.2, -0.15) is 0 Å². The van der Waals surface area contributed by atoms with Gasteiger partial charge >= 0.3 is 0 Å². The molecule has 0 saturated heterocycles. The van der Waals surface area contributed by atoms with E-state index in [4.69, 9.17) is 11.6 Å². The van der Waals surface area contributed by atoms with Gasteiger partial charge in [0, 0.05) is 30.3 Å². The molecular weight excluding hydrogens is 464 g/mol. The van der Waals surface area contributed by atoms with Crippen molar-refractivity contribution in [3.63, 3.8) is 0 Å². The summed E-state index contributed by atoms with van der Waals surface area (Å²) >= 11 is 7.99. The van der Waals surface area contributed by atoms with Crippen LogP contribution in [0.5, 0.6) is 0 Å². The van der Waals surface area contributed by atoms with Gasteiger partial charge in [-0.3, -0.25) is 9.59 Å². The second kappa shape index (κ2) is 13.2. The van der Waals surface area contributed by atoms with Crippen LogP contribution < -0.4 is 5.32 Å². The van der Waals surface area contributed by atoms with Crippen LogP contribution >= 0.6 is 23.4 Å². The van der Waals surface area contributed by atoms with E-state index >= 15 is 0 Å². The molecule has 0 radical (unpaired) electrons. The molecule has 0 heterocycles. The highest BCUT2D eigenvalue weighted by Gasteiger charge is 2.30. The molecule has 0 fully saturated rings. The zero-order valence-corrected chi connectivity index (χ0v) is 21.2. The number of likely N-dealkylation sites (N-methyl/N-ethyl adjacent to an activating group) is 1. The van der Waals surface area contributed by atoms with Crippen molar-refractivity contribution < 1.29 is 9.59 Å². The molecule has 0 spiro atoms. The molecule has 3 rings (SSSR count). The molecule has 0 saturated carbocycles. The Morgan fingerprint density at radius 2 is 1.62 bits per heavy atom. The van der Waals surface area contributed by atoms with Gasteiger partial charge in [-0.1, -0.05) is 90.0 Å². The van der Waals surface area contributed by atoms with Gasteiger partial charge in [0.2, 0.25) is 11.8 Å². The molecule has 34 heavy (non-hydrogen) atoms. The second-order valence-electron chi connectivity index (χ2n) is 8.19. The lowest BCUT2D eigenvalue weighted by molar-refractivity contribution is -0.139. The highest BCUT2D eigenvalue weighted by Crippen LogP contribution is 2.22. The first-order chi connectivity index (χ1) is 16.5. The number of nitrogens with zero attached hydrogens (tertiary/aromatic N) is 1. The summed E-state index contributed by atoms with van der Waals surface area (Å²) < 4.78 is 0. The van der Waals surface area contributed by atoms with Gasteiger partial charge in [-0.25, -0.2) is 0 Å². The van der Waals surface area contributed by atoms with Crippen molar-refractivity contribution in [1.82, 2.24) is 10.2 Å². The van der Waals surface area contributed by atoms with E-state index in [2.05, 4.69) is 36.5 Å². The standard InChI is InChI=1S/C28H31ClN2O2S/c1-3-30-28(33)26(17-22-9-5-4-6-10-22)31(18-24-11-7-8-12-25(24)29)27(32)20-34-19-23-15-13-21(2)14-16-23/h4-16,26H,3,17-20H2,1-2H3,(H,30,33)/t26-/m0/s1. The Hall–Kier alpha value is -2.76. The molecule has 6 heteroatoms. The molecular formula is C28H31ClN2O2S. The van der Waals surface area contributed by atoms with Gasteiger partial charge in [-0.15, -0.1) is 11.8 Å². The zero-order chi connectivity index (χ0) is 24.3. The van der Waals surface area contributed by atoms with Crippen LogP contribution in [-0.4, -0.2) is 35.1 Å². The van der Waals surface area contributed by atoms with Crippen molar-refractivity contribution in [2.45, 2.75) is 38.6 Å². The van der Waals surface area contributed by atoms with Gasteiger partial charge in [-0.05, 0) is 36.6 Å². The first-order valence-electron chi connectivity index (χ1n) is 11.5. The number of carbonyl (C=O) groups excluding carboxylic acids is 2. The summed E-state index contributed by atoms with van der Waals surface area (Å²) in [5.74, 6) is 0.777. The van der Waals surface area contributed by atoms with Crippen LogP contribution in [0.1, 0.15) is 29.2 Å². The monoisotopic (exact) mass is 494 g/mol. The Labute approximate surface area is 211 Å². The summed E-state index contributed by atoms with van der Waals surface area (Å²) in [5, 5.41) is 3.50.